The lowest BCUT2D eigenvalue weighted by Crippen LogP contribution is -2.48. The number of carbonyl (C=O) groups excluding carboxylic acids is 3. The number of rotatable bonds is 4. The van der Waals surface area contributed by atoms with Crippen molar-refractivity contribution >= 4 is 17.9 Å². The van der Waals surface area contributed by atoms with Crippen LogP contribution in [-0.2, 0) is 9.53 Å². The van der Waals surface area contributed by atoms with E-state index in [0.29, 0.717) is 12.0 Å². The van der Waals surface area contributed by atoms with E-state index in [4.69, 9.17) is 0 Å². The molecule has 0 saturated heterocycles. The molecule has 2 N–H and O–H groups in total. The van der Waals surface area contributed by atoms with Crippen LogP contribution >= 0.6 is 0 Å². The highest BCUT2D eigenvalue weighted by molar-refractivity contribution is 5.97. The second kappa shape index (κ2) is 8.55. The highest BCUT2D eigenvalue weighted by Gasteiger charge is 2.23. The summed E-state index contributed by atoms with van der Waals surface area (Å²) in [4.78, 5) is 35.1. The zero-order valence-corrected chi connectivity index (χ0v) is 13.8. The van der Waals surface area contributed by atoms with Crippen molar-refractivity contribution in [1.82, 2.24) is 10.6 Å². The molecule has 1 aromatic carbocycles. The van der Waals surface area contributed by atoms with Crippen LogP contribution in [0.2, 0.25) is 0 Å². The highest BCUT2D eigenvalue weighted by Crippen LogP contribution is 2.23. The standard InChI is InChI=1S/C17H20F2N2O4/c1-10-4-2-3-5-14(10)20-17(24)21-15(22)9-25-16(23)12-7-6-11(18)8-13(12)19/h6-8,10,14H,2-5,9H2,1H3,(H2,20,21,22,24)/t10-,14+/m1/s1. The van der Waals surface area contributed by atoms with Gasteiger partial charge in [0.05, 0.1) is 5.56 Å². The molecule has 2 rings (SSSR count). The van der Waals surface area contributed by atoms with Gasteiger partial charge in [0.2, 0.25) is 0 Å². The molecule has 1 fully saturated rings. The summed E-state index contributed by atoms with van der Waals surface area (Å²) in [6.07, 6.45) is 4.00. The van der Waals surface area contributed by atoms with Crippen LogP contribution in [0.3, 0.4) is 0 Å². The Hall–Kier alpha value is -2.51. The summed E-state index contributed by atoms with van der Waals surface area (Å²) >= 11 is 0. The van der Waals surface area contributed by atoms with Crippen molar-refractivity contribution in [3.63, 3.8) is 0 Å². The molecule has 0 unspecified atom stereocenters. The van der Waals surface area contributed by atoms with E-state index in [-0.39, 0.29) is 6.04 Å². The van der Waals surface area contributed by atoms with E-state index in [0.717, 1.165) is 37.8 Å². The largest absolute Gasteiger partial charge is 0.452 e. The van der Waals surface area contributed by atoms with Gasteiger partial charge in [0.15, 0.2) is 6.61 Å². The van der Waals surface area contributed by atoms with Crippen LogP contribution in [0.4, 0.5) is 13.6 Å². The fraction of sp³-hybridized carbons (Fsp3) is 0.471. The van der Waals surface area contributed by atoms with Crippen LogP contribution in [0.5, 0.6) is 0 Å². The number of hydrogen-bond acceptors (Lipinski definition) is 4. The van der Waals surface area contributed by atoms with Gasteiger partial charge in [-0.25, -0.2) is 18.4 Å². The number of urea groups is 1. The number of hydrogen-bond donors (Lipinski definition) is 2. The Bertz CT molecular complexity index is 666. The molecule has 6 nitrogen and oxygen atoms in total. The Kier molecular flexibility index (Phi) is 6.44. The molecule has 8 heteroatoms. The van der Waals surface area contributed by atoms with Gasteiger partial charge in [0, 0.05) is 12.1 Å². The van der Waals surface area contributed by atoms with Gasteiger partial charge in [-0.2, -0.15) is 0 Å². The summed E-state index contributed by atoms with van der Waals surface area (Å²) in [5.74, 6) is -3.55. The van der Waals surface area contributed by atoms with Gasteiger partial charge < -0.3 is 10.1 Å². The van der Waals surface area contributed by atoms with E-state index in [1.807, 2.05) is 6.92 Å². The predicted octanol–water partition coefficient (Wildman–Crippen LogP) is 2.53. The minimum absolute atomic E-state index is 0.00240. The van der Waals surface area contributed by atoms with Crippen molar-refractivity contribution in [2.45, 2.75) is 38.6 Å². The number of imide groups is 1. The Morgan fingerprint density at radius 1 is 1.20 bits per heavy atom. The third-order valence-electron chi connectivity index (χ3n) is 4.17. The van der Waals surface area contributed by atoms with Gasteiger partial charge in [0.1, 0.15) is 11.6 Å². The summed E-state index contributed by atoms with van der Waals surface area (Å²) in [6, 6.07) is 1.70. The maximum absolute atomic E-state index is 13.4. The van der Waals surface area contributed by atoms with Crippen LogP contribution in [0.15, 0.2) is 18.2 Å². The van der Waals surface area contributed by atoms with E-state index in [1.54, 1.807) is 0 Å². The fourth-order valence-corrected chi connectivity index (χ4v) is 2.76. The molecular formula is C17H20F2N2O4. The normalized spacial score (nSPS) is 19.8. The summed E-state index contributed by atoms with van der Waals surface area (Å²) in [5.41, 5.74) is -0.491. The Balaban J connectivity index is 1.77. The van der Waals surface area contributed by atoms with Gasteiger partial charge in [0.25, 0.3) is 5.91 Å². The fourth-order valence-electron chi connectivity index (χ4n) is 2.76. The van der Waals surface area contributed by atoms with Crippen molar-refractivity contribution in [3.8, 4) is 0 Å². The van der Waals surface area contributed by atoms with E-state index >= 15 is 0 Å². The minimum atomic E-state index is -1.12. The summed E-state index contributed by atoms with van der Waals surface area (Å²) in [5, 5.41) is 4.78. The van der Waals surface area contributed by atoms with E-state index in [9.17, 15) is 23.2 Å². The lowest BCUT2D eigenvalue weighted by molar-refractivity contribution is -0.123. The van der Waals surface area contributed by atoms with Gasteiger partial charge >= 0.3 is 12.0 Å². The third kappa shape index (κ3) is 5.51. The Morgan fingerprint density at radius 3 is 2.60 bits per heavy atom. The molecule has 0 spiro atoms. The second-order valence-electron chi connectivity index (χ2n) is 6.09. The van der Waals surface area contributed by atoms with Gasteiger partial charge in [-0.3, -0.25) is 10.1 Å². The SMILES string of the molecule is C[C@@H]1CCCC[C@@H]1NC(=O)NC(=O)COC(=O)c1ccc(F)cc1F. The van der Waals surface area contributed by atoms with Crippen LogP contribution in [0.25, 0.3) is 0 Å². The zero-order valence-electron chi connectivity index (χ0n) is 13.8. The lowest BCUT2D eigenvalue weighted by Gasteiger charge is -2.29. The molecule has 1 aliphatic rings. The van der Waals surface area contributed by atoms with Gasteiger partial charge in [-0.1, -0.05) is 19.8 Å². The van der Waals surface area contributed by atoms with Gasteiger partial charge in [-0.05, 0) is 30.9 Å². The van der Waals surface area contributed by atoms with E-state index in [1.165, 1.54) is 0 Å². The number of ether oxygens (including phenoxy) is 1. The third-order valence-corrected chi connectivity index (χ3v) is 4.17. The molecule has 0 radical (unpaired) electrons. The maximum atomic E-state index is 13.4. The van der Waals surface area contributed by atoms with Gasteiger partial charge in [-0.15, -0.1) is 0 Å². The maximum Gasteiger partial charge on any atom is 0.341 e. The number of nitrogens with one attached hydrogen (secondary N) is 2. The average molecular weight is 354 g/mol. The monoisotopic (exact) mass is 354 g/mol. The average Bonchev–Trinajstić information content (AvgIpc) is 2.54. The van der Waals surface area contributed by atoms with Crippen molar-refractivity contribution in [3.05, 3.63) is 35.4 Å². The first-order valence-corrected chi connectivity index (χ1v) is 8.09. The molecule has 136 valence electrons. The molecule has 1 aliphatic carbocycles. The Labute approximate surface area is 143 Å². The van der Waals surface area contributed by atoms with Crippen molar-refractivity contribution in [2.24, 2.45) is 5.92 Å². The smallest absolute Gasteiger partial charge is 0.341 e. The van der Waals surface area contributed by atoms with Crippen LogP contribution < -0.4 is 10.6 Å². The molecule has 0 heterocycles. The first-order valence-electron chi connectivity index (χ1n) is 8.09. The summed E-state index contributed by atoms with van der Waals surface area (Å²) in [7, 11) is 0. The molecule has 3 amide bonds. The molecule has 25 heavy (non-hydrogen) atoms. The number of carbonyl (C=O) groups is 3. The quantitative estimate of drug-likeness (QED) is 0.814. The number of esters is 1. The van der Waals surface area contributed by atoms with Crippen molar-refractivity contribution in [1.29, 1.82) is 0 Å². The number of amides is 3. The molecule has 1 saturated carbocycles. The topological polar surface area (TPSA) is 84.5 Å². The van der Waals surface area contributed by atoms with Crippen LogP contribution in [0.1, 0.15) is 43.0 Å². The van der Waals surface area contributed by atoms with Crippen LogP contribution in [-0.4, -0.2) is 30.6 Å². The Morgan fingerprint density at radius 2 is 1.92 bits per heavy atom. The van der Waals surface area contributed by atoms with E-state index < -0.39 is 41.7 Å². The van der Waals surface area contributed by atoms with Crippen molar-refractivity contribution in [2.75, 3.05) is 6.61 Å². The van der Waals surface area contributed by atoms with Crippen molar-refractivity contribution < 1.29 is 27.9 Å². The molecule has 0 aromatic heterocycles. The highest BCUT2D eigenvalue weighted by atomic mass is 19.1. The molecule has 0 aliphatic heterocycles. The minimum Gasteiger partial charge on any atom is -0.452 e. The molecule has 1 aromatic rings. The number of benzene rings is 1. The summed E-state index contributed by atoms with van der Waals surface area (Å²) in [6.45, 7) is 1.29. The second-order valence-corrected chi connectivity index (χ2v) is 6.09. The molecule has 2 atom stereocenters. The number of halogens is 2. The lowest BCUT2D eigenvalue weighted by atomic mass is 9.86. The van der Waals surface area contributed by atoms with E-state index in [2.05, 4.69) is 15.4 Å². The summed E-state index contributed by atoms with van der Waals surface area (Å²) < 4.78 is 30.8. The molecular weight excluding hydrogens is 334 g/mol. The van der Waals surface area contributed by atoms with Crippen LogP contribution in [0, 0.1) is 17.6 Å². The zero-order chi connectivity index (χ0) is 18.4. The first-order chi connectivity index (χ1) is 11.9. The first kappa shape index (κ1) is 18.8. The molecule has 0 bridgehead atoms. The predicted molar refractivity (Wildman–Crippen MR) is 84.7 cm³/mol.